The monoisotopic (exact) mass is 240 g/mol. The van der Waals surface area contributed by atoms with Crippen molar-refractivity contribution in [2.75, 3.05) is 20.3 Å². The van der Waals surface area contributed by atoms with Gasteiger partial charge < -0.3 is 10.1 Å². The molecule has 0 atom stereocenters. The van der Waals surface area contributed by atoms with Crippen molar-refractivity contribution in [2.24, 2.45) is 5.92 Å². The molecule has 17 heavy (non-hydrogen) atoms. The van der Waals surface area contributed by atoms with Crippen LogP contribution in [0.5, 0.6) is 0 Å². The number of ether oxygens (including phenoxy) is 1. The SMILES string of the molecule is COCCNCc1ncn(CCCC(C)C)n1. The molecule has 1 N–H and O–H groups in total. The second kappa shape index (κ2) is 8.20. The summed E-state index contributed by atoms with van der Waals surface area (Å²) < 4.78 is 6.88. The smallest absolute Gasteiger partial charge is 0.164 e. The highest BCUT2D eigenvalue weighted by atomic mass is 16.5. The number of hydrogen-bond acceptors (Lipinski definition) is 4. The lowest BCUT2D eigenvalue weighted by Crippen LogP contribution is -2.19. The zero-order chi connectivity index (χ0) is 12.5. The second-order valence-electron chi connectivity index (χ2n) is 4.63. The van der Waals surface area contributed by atoms with Gasteiger partial charge in [0.1, 0.15) is 6.33 Å². The van der Waals surface area contributed by atoms with Crippen molar-refractivity contribution in [1.82, 2.24) is 20.1 Å². The molecule has 0 saturated heterocycles. The van der Waals surface area contributed by atoms with Crippen LogP contribution in [0.2, 0.25) is 0 Å². The number of aryl methyl sites for hydroxylation is 1. The van der Waals surface area contributed by atoms with E-state index in [9.17, 15) is 0 Å². The van der Waals surface area contributed by atoms with Gasteiger partial charge in [0.25, 0.3) is 0 Å². The molecule has 1 heterocycles. The summed E-state index contributed by atoms with van der Waals surface area (Å²) in [6.45, 7) is 7.70. The van der Waals surface area contributed by atoms with Crippen LogP contribution >= 0.6 is 0 Å². The summed E-state index contributed by atoms with van der Waals surface area (Å²) >= 11 is 0. The van der Waals surface area contributed by atoms with E-state index < -0.39 is 0 Å². The van der Waals surface area contributed by atoms with Gasteiger partial charge in [-0.3, -0.25) is 4.68 Å². The molecule has 1 aromatic heterocycles. The Morgan fingerprint density at radius 1 is 1.47 bits per heavy atom. The quantitative estimate of drug-likeness (QED) is 0.664. The Morgan fingerprint density at radius 2 is 2.29 bits per heavy atom. The Hall–Kier alpha value is -0.940. The fraction of sp³-hybridized carbons (Fsp3) is 0.833. The van der Waals surface area contributed by atoms with Gasteiger partial charge in [0, 0.05) is 20.2 Å². The molecule has 98 valence electrons. The van der Waals surface area contributed by atoms with Crippen molar-refractivity contribution in [2.45, 2.75) is 39.8 Å². The second-order valence-corrected chi connectivity index (χ2v) is 4.63. The van der Waals surface area contributed by atoms with Crippen LogP contribution in [-0.2, 0) is 17.8 Å². The zero-order valence-corrected chi connectivity index (χ0v) is 11.1. The highest BCUT2D eigenvalue weighted by molar-refractivity contribution is 4.80. The van der Waals surface area contributed by atoms with E-state index in [-0.39, 0.29) is 0 Å². The van der Waals surface area contributed by atoms with Gasteiger partial charge in [0.15, 0.2) is 5.82 Å². The first kappa shape index (κ1) is 14.1. The van der Waals surface area contributed by atoms with E-state index >= 15 is 0 Å². The maximum absolute atomic E-state index is 4.95. The fourth-order valence-electron chi connectivity index (χ4n) is 1.56. The van der Waals surface area contributed by atoms with Crippen LogP contribution in [0.25, 0.3) is 0 Å². The largest absolute Gasteiger partial charge is 0.383 e. The lowest BCUT2D eigenvalue weighted by molar-refractivity contribution is 0.199. The first-order valence-corrected chi connectivity index (χ1v) is 6.30. The summed E-state index contributed by atoms with van der Waals surface area (Å²) in [6, 6.07) is 0. The van der Waals surface area contributed by atoms with Crippen LogP contribution in [-0.4, -0.2) is 35.0 Å². The topological polar surface area (TPSA) is 52.0 Å². The molecular weight excluding hydrogens is 216 g/mol. The minimum Gasteiger partial charge on any atom is -0.383 e. The van der Waals surface area contributed by atoms with E-state index in [0.717, 1.165) is 37.9 Å². The van der Waals surface area contributed by atoms with Gasteiger partial charge in [-0.15, -0.1) is 0 Å². The predicted octanol–water partition coefficient (Wildman–Crippen LogP) is 1.45. The molecule has 0 saturated carbocycles. The van der Waals surface area contributed by atoms with E-state index in [0.29, 0.717) is 6.54 Å². The Balaban J connectivity index is 2.18. The molecule has 1 aromatic rings. The van der Waals surface area contributed by atoms with Crippen molar-refractivity contribution in [3.05, 3.63) is 12.2 Å². The van der Waals surface area contributed by atoms with Crippen LogP contribution in [0.15, 0.2) is 6.33 Å². The number of hydrogen-bond donors (Lipinski definition) is 1. The van der Waals surface area contributed by atoms with Gasteiger partial charge in [-0.2, -0.15) is 5.10 Å². The summed E-state index contributed by atoms with van der Waals surface area (Å²) in [5.41, 5.74) is 0. The van der Waals surface area contributed by atoms with Crippen LogP contribution in [0.1, 0.15) is 32.5 Å². The van der Waals surface area contributed by atoms with Crippen LogP contribution in [0.4, 0.5) is 0 Å². The summed E-state index contributed by atoms with van der Waals surface area (Å²) in [5.74, 6) is 1.61. The van der Waals surface area contributed by atoms with Crippen LogP contribution in [0.3, 0.4) is 0 Å². The average molecular weight is 240 g/mol. The molecule has 5 nitrogen and oxygen atoms in total. The molecule has 0 radical (unpaired) electrons. The van der Waals surface area contributed by atoms with Crippen molar-refractivity contribution in [3.8, 4) is 0 Å². The van der Waals surface area contributed by atoms with Crippen molar-refractivity contribution in [1.29, 1.82) is 0 Å². The molecule has 5 heteroatoms. The third-order valence-corrected chi connectivity index (χ3v) is 2.52. The molecule has 0 fully saturated rings. The van der Waals surface area contributed by atoms with E-state index in [1.807, 2.05) is 11.0 Å². The van der Waals surface area contributed by atoms with Gasteiger partial charge in [-0.05, 0) is 18.8 Å². The fourth-order valence-corrected chi connectivity index (χ4v) is 1.56. The molecule has 0 bridgehead atoms. The standard InChI is InChI=1S/C12H24N4O/c1-11(2)5-4-7-16-10-14-12(15-16)9-13-6-8-17-3/h10-11,13H,4-9H2,1-3H3. The van der Waals surface area contributed by atoms with E-state index in [4.69, 9.17) is 4.74 Å². The van der Waals surface area contributed by atoms with Gasteiger partial charge in [-0.25, -0.2) is 4.98 Å². The Labute approximate surface area is 104 Å². The number of aromatic nitrogens is 3. The minimum atomic E-state index is 0.709. The first-order chi connectivity index (χ1) is 8.22. The lowest BCUT2D eigenvalue weighted by Gasteiger charge is -2.03. The summed E-state index contributed by atoms with van der Waals surface area (Å²) in [6.07, 6.45) is 4.21. The molecule has 0 aliphatic heterocycles. The van der Waals surface area contributed by atoms with E-state index in [2.05, 4.69) is 29.2 Å². The van der Waals surface area contributed by atoms with Gasteiger partial charge >= 0.3 is 0 Å². The number of rotatable bonds is 9. The zero-order valence-electron chi connectivity index (χ0n) is 11.1. The normalized spacial score (nSPS) is 11.3. The molecule has 0 aromatic carbocycles. The van der Waals surface area contributed by atoms with E-state index in [1.54, 1.807) is 7.11 Å². The van der Waals surface area contributed by atoms with Crippen molar-refractivity contribution in [3.63, 3.8) is 0 Å². The number of nitrogens with one attached hydrogen (secondary N) is 1. The number of nitrogens with zero attached hydrogens (tertiary/aromatic N) is 3. The summed E-state index contributed by atoms with van der Waals surface area (Å²) in [5, 5.41) is 7.63. The first-order valence-electron chi connectivity index (χ1n) is 6.30. The lowest BCUT2D eigenvalue weighted by atomic mass is 10.1. The van der Waals surface area contributed by atoms with E-state index in [1.165, 1.54) is 6.42 Å². The van der Waals surface area contributed by atoms with Gasteiger partial charge in [0.05, 0.1) is 13.2 Å². The molecule has 0 aliphatic carbocycles. The Bertz CT molecular complexity index is 298. The third-order valence-electron chi connectivity index (χ3n) is 2.52. The summed E-state index contributed by atoms with van der Waals surface area (Å²) in [4.78, 5) is 4.26. The van der Waals surface area contributed by atoms with Crippen molar-refractivity contribution < 1.29 is 4.74 Å². The highest BCUT2D eigenvalue weighted by Crippen LogP contribution is 2.04. The maximum atomic E-state index is 4.95. The third kappa shape index (κ3) is 6.38. The Kier molecular flexibility index (Phi) is 6.81. The molecule has 0 unspecified atom stereocenters. The number of methoxy groups -OCH3 is 1. The predicted molar refractivity (Wildman–Crippen MR) is 67.7 cm³/mol. The molecular formula is C12H24N4O. The van der Waals surface area contributed by atoms with Gasteiger partial charge in [0.2, 0.25) is 0 Å². The van der Waals surface area contributed by atoms with Crippen molar-refractivity contribution >= 4 is 0 Å². The van der Waals surface area contributed by atoms with Crippen LogP contribution < -0.4 is 5.32 Å². The molecule has 0 aliphatic rings. The Morgan fingerprint density at radius 3 is 3.00 bits per heavy atom. The highest BCUT2D eigenvalue weighted by Gasteiger charge is 2.01. The minimum absolute atomic E-state index is 0.709. The average Bonchev–Trinajstić information content (AvgIpc) is 2.72. The summed E-state index contributed by atoms with van der Waals surface area (Å²) in [7, 11) is 1.70. The van der Waals surface area contributed by atoms with Crippen LogP contribution in [0, 0.1) is 5.92 Å². The van der Waals surface area contributed by atoms with Gasteiger partial charge in [-0.1, -0.05) is 13.8 Å². The molecule has 0 amide bonds. The molecule has 0 spiro atoms. The molecule has 1 rings (SSSR count). The maximum Gasteiger partial charge on any atom is 0.164 e.